The number of aromatic nitrogens is 4. The average Bonchev–Trinajstić information content (AvgIpc) is 3.34. The zero-order valence-electron chi connectivity index (χ0n) is 12.8. The number of hydrogen-bond donors (Lipinski definition) is 2. The Morgan fingerprint density at radius 2 is 1.83 bits per heavy atom. The van der Waals surface area contributed by atoms with E-state index in [1.165, 1.54) is 18.4 Å². The lowest BCUT2D eigenvalue weighted by atomic mass is 10.1. The number of aromatic hydroxyl groups is 1. The molecule has 0 amide bonds. The first-order chi connectivity index (χ1) is 11.7. The Bertz CT molecular complexity index is 1080. The van der Waals surface area contributed by atoms with Crippen LogP contribution in [-0.2, 0) is 0 Å². The molecule has 0 saturated heterocycles. The number of anilines is 1. The van der Waals surface area contributed by atoms with Gasteiger partial charge in [-0.15, -0.1) is 5.10 Å². The van der Waals surface area contributed by atoms with E-state index in [2.05, 4.69) is 33.3 Å². The van der Waals surface area contributed by atoms with Gasteiger partial charge in [0, 0.05) is 10.9 Å². The summed E-state index contributed by atoms with van der Waals surface area (Å²) in [5.74, 6) is 1.76. The summed E-state index contributed by atoms with van der Waals surface area (Å²) in [6.45, 7) is 0. The van der Waals surface area contributed by atoms with Crippen molar-refractivity contribution in [1.29, 1.82) is 0 Å². The fourth-order valence-electron chi connectivity index (χ4n) is 3.05. The Morgan fingerprint density at radius 3 is 2.58 bits per heavy atom. The van der Waals surface area contributed by atoms with Crippen LogP contribution in [0.3, 0.4) is 0 Å². The third kappa shape index (κ3) is 2.00. The SMILES string of the molecule is Nc1nc2cc(C3CC3)ccc2c2nc(-c3ccc(O)cc3)nn12. The third-order valence-corrected chi connectivity index (χ3v) is 4.50. The van der Waals surface area contributed by atoms with Crippen LogP contribution in [0.4, 0.5) is 5.95 Å². The first-order valence-corrected chi connectivity index (χ1v) is 7.94. The lowest BCUT2D eigenvalue weighted by molar-refractivity contribution is 0.475. The minimum absolute atomic E-state index is 0.210. The highest BCUT2D eigenvalue weighted by Gasteiger charge is 2.24. The van der Waals surface area contributed by atoms with E-state index in [0.717, 1.165) is 16.5 Å². The zero-order chi connectivity index (χ0) is 16.3. The summed E-state index contributed by atoms with van der Waals surface area (Å²) in [4.78, 5) is 9.14. The van der Waals surface area contributed by atoms with Gasteiger partial charge in [0.1, 0.15) is 5.75 Å². The van der Waals surface area contributed by atoms with Crippen LogP contribution in [0.25, 0.3) is 27.9 Å². The molecule has 2 aromatic carbocycles. The van der Waals surface area contributed by atoms with Crippen LogP contribution in [0.2, 0.25) is 0 Å². The molecular formula is C18H15N5O. The number of phenols is 1. The Hall–Kier alpha value is -3.15. The molecule has 0 radical (unpaired) electrons. The molecule has 1 aliphatic rings. The van der Waals surface area contributed by atoms with Crippen molar-refractivity contribution in [2.24, 2.45) is 0 Å². The van der Waals surface area contributed by atoms with E-state index in [-0.39, 0.29) is 5.75 Å². The van der Waals surface area contributed by atoms with Gasteiger partial charge >= 0.3 is 0 Å². The number of hydrogen-bond acceptors (Lipinski definition) is 5. The highest BCUT2D eigenvalue weighted by molar-refractivity contribution is 5.93. The van der Waals surface area contributed by atoms with Crippen molar-refractivity contribution in [2.75, 3.05) is 5.73 Å². The molecular weight excluding hydrogens is 302 g/mol. The molecule has 0 aliphatic heterocycles. The quantitative estimate of drug-likeness (QED) is 0.593. The van der Waals surface area contributed by atoms with E-state index in [1.54, 1.807) is 28.8 Å². The lowest BCUT2D eigenvalue weighted by Gasteiger charge is -2.04. The van der Waals surface area contributed by atoms with Gasteiger partial charge < -0.3 is 10.8 Å². The highest BCUT2D eigenvalue weighted by atomic mass is 16.3. The molecule has 0 unspecified atom stereocenters. The summed E-state index contributed by atoms with van der Waals surface area (Å²) < 4.78 is 1.57. The topological polar surface area (TPSA) is 89.3 Å². The maximum absolute atomic E-state index is 9.43. The summed E-state index contributed by atoms with van der Waals surface area (Å²) in [7, 11) is 0. The second-order valence-electron chi connectivity index (χ2n) is 6.24. The number of fused-ring (bicyclic) bond motifs is 3. The van der Waals surface area contributed by atoms with E-state index >= 15 is 0 Å². The van der Waals surface area contributed by atoms with Crippen LogP contribution in [0.1, 0.15) is 24.3 Å². The van der Waals surface area contributed by atoms with Crippen LogP contribution >= 0.6 is 0 Å². The van der Waals surface area contributed by atoms with Crippen LogP contribution in [0.15, 0.2) is 42.5 Å². The van der Waals surface area contributed by atoms with Gasteiger partial charge in [-0.05, 0) is 60.7 Å². The van der Waals surface area contributed by atoms with Crippen LogP contribution < -0.4 is 5.73 Å². The number of nitrogen functional groups attached to an aromatic ring is 1. The van der Waals surface area contributed by atoms with E-state index in [4.69, 9.17) is 5.73 Å². The molecule has 2 heterocycles. The minimum atomic E-state index is 0.210. The number of rotatable bonds is 2. The Morgan fingerprint density at radius 1 is 1.04 bits per heavy atom. The molecule has 1 saturated carbocycles. The van der Waals surface area contributed by atoms with E-state index in [9.17, 15) is 5.11 Å². The Balaban J connectivity index is 1.74. The Labute approximate surface area is 137 Å². The maximum Gasteiger partial charge on any atom is 0.223 e. The molecule has 2 aromatic heterocycles. The van der Waals surface area contributed by atoms with Crippen molar-refractivity contribution in [3.05, 3.63) is 48.0 Å². The van der Waals surface area contributed by atoms with E-state index < -0.39 is 0 Å². The predicted octanol–water partition coefficient (Wildman–Crippen LogP) is 3.11. The standard InChI is InChI=1S/C18H15N5O/c19-18-20-15-9-12(10-1-2-10)5-8-14(15)17-21-16(22-23(17)18)11-3-6-13(24)7-4-11/h3-10,24H,1-2H2,(H2,19,20). The molecule has 1 aliphatic carbocycles. The molecule has 6 nitrogen and oxygen atoms in total. The van der Waals surface area contributed by atoms with Crippen molar-refractivity contribution in [2.45, 2.75) is 18.8 Å². The molecule has 0 spiro atoms. The van der Waals surface area contributed by atoms with Crippen molar-refractivity contribution >= 4 is 22.5 Å². The molecule has 1 fully saturated rings. The number of nitrogens with zero attached hydrogens (tertiary/aromatic N) is 4. The monoisotopic (exact) mass is 317 g/mol. The van der Waals surface area contributed by atoms with Gasteiger partial charge in [0.05, 0.1) is 5.52 Å². The van der Waals surface area contributed by atoms with Crippen molar-refractivity contribution in [1.82, 2.24) is 19.6 Å². The third-order valence-electron chi connectivity index (χ3n) is 4.50. The summed E-state index contributed by atoms with van der Waals surface area (Å²) in [6.07, 6.45) is 2.50. The molecule has 118 valence electrons. The average molecular weight is 317 g/mol. The summed E-state index contributed by atoms with van der Waals surface area (Å²) in [6, 6.07) is 13.1. The normalized spacial score (nSPS) is 14.5. The highest BCUT2D eigenvalue weighted by Crippen LogP contribution is 2.41. The summed E-state index contributed by atoms with van der Waals surface area (Å²) in [5.41, 5.74) is 9.78. The molecule has 0 bridgehead atoms. The van der Waals surface area contributed by atoms with E-state index in [0.29, 0.717) is 23.3 Å². The molecule has 5 rings (SSSR count). The molecule has 24 heavy (non-hydrogen) atoms. The zero-order valence-corrected chi connectivity index (χ0v) is 12.8. The van der Waals surface area contributed by atoms with Crippen molar-refractivity contribution < 1.29 is 5.11 Å². The first kappa shape index (κ1) is 13.3. The van der Waals surface area contributed by atoms with Crippen LogP contribution in [0.5, 0.6) is 5.75 Å². The van der Waals surface area contributed by atoms with Crippen LogP contribution in [-0.4, -0.2) is 24.7 Å². The minimum Gasteiger partial charge on any atom is -0.508 e. The van der Waals surface area contributed by atoms with Gasteiger partial charge in [0.15, 0.2) is 11.5 Å². The lowest BCUT2D eigenvalue weighted by Crippen LogP contribution is -2.02. The van der Waals surface area contributed by atoms with Gasteiger partial charge in [-0.1, -0.05) is 6.07 Å². The van der Waals surface area contributed by atoms with Gasteiger partial charge in [-0.2, -0.15) is 4.52 Å². The maximum atomic E-state index is 9.43. The number of benzene rings is 2. The van der Waals surface area contributed by atoms with E-state index in [1.807, 2.05) is 0 Å². The largest absolute Gasteiger partial charge is 0.508 e. The van der Waals surface area contributed by atoms with Gasteiger partial charge in [-0.25, -0.2) is 9.97 Å². The van der Waals surface area contributed by atoms with Gasteiger partial charge in [0.2, 0.25) is 5.95 Å². The molecule has 4 aromatic rings. The predicted molar refractivity (Wildman–Crippen MR) is 91.8 cm³/mol. The van der Waals surface area contributed by atoms with Crippen molar-refractivity contribution in [3.63, 3.8) is 0 Å². The van der Waals surface area contributed by atoms with Crippen LogP contribution in [0, 0.1) is 0 Å². The number of nitrogens with two attached hydrogens (primary N) is 1. The second kappa shape index (κ2) is 4.67. The molecule has 6 heteroatoms. The van der Waals surface area contributed by atoms with Crippen molar-refractivity contribution in [3.8, 4) is 17.1 Å². The molecule has 0 atom stereocenters. The first-order valence-electron chi connectivity index (χ1n) is 7.94. The van der Waals surface area contributed by atoms with Gasteiger partial charge in [0.25, 0.3) is 0 Å². The number of phenolic OH excluding ortho intramolecular Hbond substituents is 1. The molecule has 3 N–H and O–H groups in total. The Kier molecular flexibility index (Phi) is 2.59. The smallest absolute Gasteiger partial charge is 0.223 e. The summed E-state index contributed by atoms with van der Waals surface area (Å²) >= 11 is 0. The second-order valence-corrected chi connectivity index (χ2v) is 6.24. The summed E-state index contributed by atoms with van der Waals surface area (Å²) in [5, 5.41) is 14.8. The fourth-order valence-corrected chi connectivity index (χ4v) is 3.05. The fraction of sp³-hybridized carbons (Fsp3) is 0.167. The van der Waals surface area contributed by atoms with Gasteiger partial charge in [-0.3, -0.25) is 0 Å².